The molecule has 1 rings (SSSR count). The lowest BCUT2D eigenvalue weighted by Gasteiger charge is -2.10. The standard InChI is InChI=1S/C11H14O3S/c1-9(14-10(2)12)8-15(13)11-6-4-3-5-7-11/h3-7,9H,8H2,1-2H3. The van der Waals surface area contributed by atoms with Crippen LogP contribution in [0.25, 0.3) is 0 Å². The lowest BCUT2D eigenvalue weighted by Crippen LogP contribution is -2.19. The van der Waals surface area contributed by atoms with E-state index in [4.69, 9.17) is 4.74 Å². The maximum Gasteiger partial charge on any atom is 0.302 e. The van der Waals surface area contributed by atoms with E-state index >= 15 is 0 Å². The molecule has 0 radical (unpaired) electrons. The number of carbonyl (C=O) groups excluding carboxylic acids is 1. The minimum atomic E-state index is -1.11. The van der Waals surface area contributed by atoms with Crippen LogP contribution in [0.4, 0.5) is 0 Å². The zero-order chi connectivity index (χ0) is 11.3. The quantitative estimate of drug-likeness (QED) is 0.734. The van der Waals surface area contributed by atoms with Gasteiger partial charge in [0.1, 0.15) is 6.10 Å². The molecule has 0 N–H and O–H groups in total. The Morgan fingerprint density at radius 3 is 2.53 bits per heavy atom. The highest BCUT2D eigenvalue weighted by atomic mass is 32.2. The van der Waals surface area contributed by atoms with Crippen molar-refractivity contribution in [2.45, 2.75) is 24.8 Å². The van der Waals surface area contributed by atoms with Gasteiger partial charge in [-0.05, 0) is 19.1 Å². The molecule has 0 amide bonds. The topological polar surface area (TPSA) is 43.4 Å². The van der Waals surface area contributed by atoms with Crippen molar-refractivity contribution in [3.05, 3.63) is 30.3 Å². The molecule has 4 heteroatoms. The predicted molar refractivity (Wildman–Crippen MR) is 58.9 cm³/mol. The highest BCUT2D eigenvalue weighted by molar-refractivity contribution is 7.85. The second-order valence-corrected chi connectivity index (χ2v) is 4.74. The van der Waals surface area contributed by atoms with Crippen LogP contribution < -0.4 is 0 Å². The van der Waals surface area contributed by atoms with E-state index in [0.717, 1.165) is 4.90 Å². The molecule has 2 atom stereocenters. The van der Waals surface area contributed by atoms with E-state index in [9.17, 15) is 9.00 Å². The van der Waals surface area contributed by atoms with Gasteiger partial charge in [-0.15, -0.1) is 0 Å². The molecule has 1 aromatic carbocycles. The molecule has 0 fully saturated rings. The second-order valence-electron chi connectivity index (χ2n) is 3.25. The summed E-state index contributed by atoms with van der Waals surface area (Å²) in [6.45, 7) is 3.09. The second kappa shape index (κ2) is 5.66. The predicted octanol–water partition coefficient (Wildman–Crippen LogP) is 1.75. The Labute approximate surface area is 91.9 Å². The van der Waals surface area contributed by atoms with Gasteiger partial charge in [-0.3, -0.25) is 9.00 Å². The molecule has 2 unspecified atom stereocenters. The summed E-state index contributed by atoms with van der Waals surface area (Å²) in [7, 11) is -1.11. The van der Waals surface area contributed by atoms with Crippen molar-refractivity contribution in [1.29, 1.82) is 0 Å². The number of benzene rings is 1. The van der Waals surface area contributed by atoms with Gasteiger partial charge in [-0.2, -0.15) is 0 Å². The lowest BCUT2D eigenvalue weighted by molar-refractivity contribution is -0.144. The molecule has 15 heavy (non-hydrogen) atoms. The van der Waals surface area contributed by atoms with Crippen LogP contribution in [-0.4, -0.2) is 22.0 Å². The lowest BCUT2D eigenvalue weighted by atomic mass is 10.4. The highest BCUT2D eigenvalue weighted by Crippen LogP contribution is 2.07. The summed E-state index contributed by atoms with van der Waals surface area (Å²) < 4.78 is 16.7. The Kier molecular flexibility index (Phi) is 4.49. The number of ether oxygens (including phenoxy) is 1. The fraction of sp³-hybridized carbons (Fsp3) is 0.364. The molecule has 1 aromatic rings. The van der Waals surface area contributed by atoms with Gasteiger partial charge < -0.3 is 4.74 Å². The Hall–Kier alpha value is -1.16. The first kappa shape index (κ1) is 11.9. The number of carbonyl (C=O) groups is 1. The Bertz CT molecular complexity index is 348. The van der Waals surface area contributed by atoms with Crippen LogP contribution in [-0.2, 0) is 20.3 Å². The first-order valence-electron chi connectivity index (χ1n) is 4.70. The molecular formula is C11H14O3S. The van der Waals surface area contributed by atoms with E-state index in [0.29, 0.717) is 5.75 Å². The average molecular weight is 226 g/mol. The molecular weight excluding hydrogens is 212 g/mol. The number of hydrogen-bond donors (Lipinski definition) is 0. The molecule has 0 aromatic heterocycles. The van der Waals surface area contributed by atoms with Crippen molar-refractivity contribution >= 4 is 16.8 Å². The van der Waals surface area contributed by atoms with Gasteiger partial charge in [0.05, 0.1) is 16.6 Å². The van der Waals surface area contributed by atoms with E-state index in [1.54, 1.807) is 19.1 Å². The maximum absolute atomic E-state index is 11.8. The van der Waals surface area contributed by atoms with Crippen molar-refractivity contribution in [3.8, 4) is 0 Å². The molecule has 0 spiro atoms. The molecule has 0 aliphatic carbocycles. The van der Waals surface area contributed by atoms with Crippen molar-refractivity contribution in [2.24, 2.45) is 0 Å². The van der Waals surface area contributed by atoms with Gasteiger partial charge in [0.25, 0.3) is 0 Å². The van der Waals surface area contributed by atoms with Gasteiger partial charge in [-0.25, -0.2) is 0 Å². The summed E-state index contributed by atoms with van der Waals surface area (Å²) in [6, 6.07) is 9.15. The third-order valence-corrected chi connectivity index (χ3v) is 3.33. The zero-order valence-corrected chi connectivity index (χ0v) is 9.62. The zero-order valence-electron chi connectivity index (χ0n) is 8.80. The third-order valence-electron chi connectivity index (χ3n) is 1.76. The van der Waals surface area contributed by atoms with Crippen LogP contribution in [0, 0.1) is 0 Å². The van der Waals surface area contributed by atoms with Crippen LogP contribution in [0.5, 0.6) is 0 Å². The van der Waals surface area contributed by atoms with Crippen LogP contribution in [0.1, 0.15) is 13.8 Å². The van der Waals surface area contributed by atoms with E-state index in [2.05, 4.69) is 0 Å². The van der Waals surface area contributed by atoms with Gasteiger partial charge in [0.2, 0.25) is 0 Å². The molecule has 3 nitrogen and oxygen atoms in total. The van der Waals surface area contributed by atoms with Crippen LogP contribution in [0.2, 0.25) is 0 Å². The van der Waals surface area contributed by atoms with Crippen molar-refractivity contribution in [2.75, 3.05) is 5.75 Å². The van der Waals surface area contributed by atoms with Gasteiger partial charge in [0.15, 0.2) is 0 Å². The van der Waals surface area contributed by atoms with Crippen molar-refractivity contribution in [3.63, 3.8) is 0 Å². The minimum Gasteiger partial charge on any atom is -0.462 e. The van der Waals surface area contributed by atoms with Crippen LogP contribution in [0.3, 0.4) is 0 Å². The molecule has 82 valence electrons. The van der Waals surface area contributed by atoms with E-state index in [1.807, 2.05) is 18.2 Å². The summed E-state index contributed by atoms with van der Waals surface area (Å²) in [5, 5.41) is 0. The fourth-order valence-corrected chi connectivity index (χ4v) is 2.35. The SMILES string of the molecule is CC(=O)OC(C)CS(=O)c1ccccc1. The minimum absolute atomic E-state index is 0.316. The summed E-state index contributed by atoms with van der Waals surface area (Å²) in [5.74, 6) is -0.00332. The Morgan fingerprint density at radius 2 is 2.00 bits per heavy atom. The summed E-state index contributed by atoms with van der Waals surface area (Å²) >= 11 is 0. The monoisotopic (exact) mass is 226 g/mol. The summed E-state index contributed by atoms with van der Waals surface area (Å²) in [4.78, 5) is 11.4. The van der Waals surface area contributed by atoms with Crippen molar-refractivity contribution in [1.82, 2.24) is 0 Å². The van der Waals surface area contributed by atoms with Gasteiger partial charge >= 0.3 is 5.97 Å². The highest BCUT2D eigenvalue weighted by Gasteiger charge is 2.11. The number of rotatable bonds is 4. The van der Waals surface area contributed by atoms with E-state index < -0.39 is 10.8 Å². The molecule has 0 saturated heterocycles. The van der Waals surface area contributed by atoms with Gasteiger partial charge in [0, 0.05) is 11.8 Å². The number of esters is 1. The van der Waals surface area contributed by atoms with Crippen LogP contribution in [0.15, 0.2) is 35.2 Å². The normalized spacial score (nSPS) is 14.3. The smallest absolute Gasteiger partial charge is 0.302 e. The third kappa shape index (κ3) is 4.25. The first-order valence-corrected chi connectivity index (χ1v) is 6.02. The first-order chi connectivity index (χ1) is 7.09. The molecule has 0 aliphatic rings. The fourth-order valence-electron chi connectivity index (χ4n) is 1.20. The average Bonchev–Trinajstić information content (AvgIpc) is 2.17. The summed E-state index contributed by atoms with van der Waals surface area (Å²) in [5.41, 5.74) is 0. The number of hydrogen-bond acceptors (Lipinski definition) is 3. The Balaban J connectivity index is 2.53. The maximum atomic E-state index is 11.8. The van der Waals surface area contributed by atoms with Crippen molar-refractivity contribution < 1.29 is 13.7 Å². The largest absolute Gasteiger partial charge is 0.462 e. The van der Waals surface area contributed by atoms with Gasteiger partial charge in [-0.1, -0.05) is 18.2 Å². The molecule has 0 heterocycles. The van der Waals surface area contributed by atoms with E-state index in [-0.39, 0.29) is 12.1 Å². The molecule has 0 bridgehead atoms. The van der Waals surface area contributed by atoms with Crippen LogP contribution >= 0.6 is 0 Å². The molecule has 0 saturated carbocycles. The Morgan fingerprint density at radius 1 is 1.40 bits per heavy atom. The summed E-state index contributed by atoms with van der Waals surface area (Å²) in [6.07, 6.45) is -0.316. The van der Waals surface area contributed by atoms with E-state index in [1.165, 1.54) is 6.92 Å². The molecule has 0 aliphatic heterocycles.